The van der Waals surface area contributed by atoms with Gasteiger partial charge in [0.2, 0.25) is 5.95 Å². The molecular formula is C23H25N5O2. The summed E-state index contributed by atoms with van der Waals surface area (Å²) >= 11 is 0. The fourth-order valence-electron chi connectivity index (χ4n) is 3.56. The lowest BCUT2D eigenvalue weighted by atomic mass is 10.0. The van der Waals surface area contributed by atoms with Crippen molar-refractivity contribution >= 4 is 17.9 Å². The second-order valence-electron chi connectivity index (χ2n) is 7.63. The Morgan fingerprint density at radius 2 is 2.00 bits per heavy atom. The molecule has 30 heavy (non-hydrogen) atoms. The van der Waals surface area contributed by atoms with Crippen molar-refractivity contribution in [1.29, 1.82) is 0 Å². The maximum atomic E-state index is 12.8. The van der Waals surface area contributed by atoms with Crippen LogP contribution in [-0.2, 0) is 13.6 Å². The van der Waals surface area contributed by atoms with Gasteiger partial charge in [-0.05, 0) is 48.7 Å². The Morgan fingerprint density at radius 1 is 1.17 bits per heavy atom. The Hall–Kier alpha value is -3.61. The van der Waals surface area contributed by atoms with Gasteiger partial charge in [0.1, 0.15) is 0 Å². The number of aromatic nitrogens is 2. The first-order valence-corrected chi connectivity index (χ1v) is 9.95. The van der Waals surface area contributed by atoms with E-state index in [9.17, 15) is 9.59 Å². The molecular weight excluding hydrogens is 378 g/mol. The van der Waals surface area contributed by atoms with E-state index in [1.54, 1.807) is 17.2 Å². The Labute approximate surface area is 175 Å². The van der Waals surface area contributed by atoms with Gasteiger partial charge < -0.3 is 14.8 Å². The molecule has 3 aromatic rings. The van der Waals surface area contributed by atoms with Gasteiger partial charge in [-0.25, -0.2) is 9.78 Å². The molecule has 3 amide bonds. The molecule has 4 rings (SSSR count). The first-order chi connectivity index (χ1) is 14.4. The number of amides is 3. The molecule has 1 saturated heterocycles. The number of nitrogens with one attached hydrogen (secondary N) is 2. The Kier molecular flexibility index (Phi) is 5.27. The van der Waals surface area contributed by atoms with Gasteiger partial charge in [-0.1, -0.05) is 24.3 Å². The minimum atomic E-state index is -0.233. The van der Waals surface area contributed by atoms with Crippen LogP contribution < -0.4 is 10.6 Å². The fraction of sp³-hybridized carbons (Fsp3) is 0.261. The van der Waals surface area contributed by atoms with Crippen molar-refractivity contribution in [3.8, 4) is 11.3 Å². The van der Waals surface area contributed by atoms with Gasteiger partial charge >= 0.3 is 6.03 Å². The Morgan fingerprint density at radius 3 is 2.73 bits per heavy atom. The smallest absolute Gasteiger partial charge is 0.317 e. The average Bonchev–Trinajstić information content (AvgIpc) is 3.30. The SMILES string of the molecule is Cc1ccc(-c2cnc(NC(=O)c3cccc(CN4CCNC4=O)c3)n2C)cc1C. The zero-order valence-corrected chi connectivity index (χ0v) is 17.4. The van der Waals surface area contributed by atoms with E-state index in [0.717, 1.165) is 16.8 Å². The normalized spacial score (nSPS) is 13.4. The molecule has 0 atom stereocenters. The number of anilines is 1. The molecule has 2 N–H and O–H groups in total. The van der Waals surface area contributed by atoms with Crippen LogP contribution in [0.2, 0.25) is 0 Å². The predicted molar refractivity (Wildman–Crippen MR) is 116 cm³/mol. The van der Waals surface area contributed by atoms with Crippen molar-refractivity contribution in [1.82, 2.24) is 19.8 Å². The largest absolute Gasteiger partial charge is 0.336 e. The minimum absolute atomic E-state index is 0.0725. The van der Waals surface area contributed by atoms with Crippen molar-refractivity contribution < 1.29 is 9.59 Å². The van der Waals surface area contributed by atoms with Crippen molar-refractivity contribution in [3.05, 3.63) is 70.9 Å². The summed E-state index contributed by atoms with van der Waals surface area (Å²) in [6.45, 7) is 5.96. The second-order valence-corrected chi connectivity index (χ2v) is 7.63. The van der Waals surface area contributed by atoms with Gasteiger partial charge in [0, 0.05) is 37.8 Å². The van der Waals surface area contributed by atoms with Crippen LogP contribution in [-0.4, -0.2) is 39.5 Å². The van der Waals surface area contributed by atoms with E-state index in [1.807, 2.05) is 29.8 Å². The summed E-state index contributed by atoms with van der Waals surface area (Å²) in [4.78, 5) is 30.7. The average molecular weight is 403 g/mol. The molecule has 1 aromatic heterocycles. The van der Waals surface area contributed by atoms with E-state index >= 15 is 0 Å². The lowest BCUT2D eigenvalue weighted by molar-refractivity contribution is 0.102. The molecule has 0 bridgehead atoms. The van der Waals surface area contributed by atoms with Gasteiger partial charge in [-0.3, -0.25) is 10.1 Å². The lowest BCUT2D eigenvalue weighted by Crippen LogP contribution is -2.27. The van der Waals surface area contributed by atoms with Crippen LogP contribution in [0.4, 0.5) is 10.7 Å². The number of carbonyl (C=O) groups excluding carboxylic acids is 2. The van der Waals surface area contributed by atoms with Gasteiger partial charge in [0.25, 0.3) is 5.91 Å². The number of urea groups is 1. The van der Waals surface area contributed by atoms with Crippen molar-refractivity contribution in [2.75, 3.05) is 18.4 Å². The summed E-state index contributed by atoms with van der Waals surface area (Å²) in [5, 5.41) is 5.68. The molecule has 1 aliphatic rings. The summed E-state index contributed by atoms with van der Waals surface area (Å²) in [7, 11) is 1.88. The van der Waals surface area contributed by atoms with Crippen molar-refractivity contribution in [3.63, 3.8) is 0 Å². The first kappa shape index (κ1) is 19.7. The molecule has 0 radical (unpaired) electrons. The van der Waals surface area contributed by atoms with E-state index < -0.39 is 0 Å². The third-order valence-electron chi connectivity index (χ3n) is 5.52. The highest BCUT2D eigenvalue weighted by molar-refractivity contribution is 6.03. The van der Waals surface area contributed by atoms with Crippen LogP contribution in [0.25, 0.3) is 11.3 Å². The van der Waals surface area contributed by atoms with E-state index in [1.165, 1.54) is 11.1 Å². The topological polar surface area (TPSA) is 79.3 Å². The number of imidazole rings is 1. The number of hydrogen-bond donors (Lipinski definition) is 2. The second kappa shape index (κ2) is 8.02. The third-order valence-corrected chi connectivity index (χ3v) is 5.52. The fourth-order valence-corrected chi connectivity index (χ4v) is 3.56. The highest BCUT2D eigenvalue weighted by atomic mass is 16.2. The molecule has 2 aromatic carbocycles. The van der Waals surface area contributed by atoms with Gasteiger partial charge in [0.15, 0.2) is 0 Å². The zero-order valence-electron chi connectivity index (χ0n) is 17.4. The molecule has 0 unspecified atom stereocenters. The molecule has 1 fully saturated rings. The standard InChI is InChI=1S/C23H25N5O2/c1-15-7-8-18(11-16(15)2)20-13-25-22(27(20)3)26-21(29)19-6-4-5-17(12-19)14-28-10-9-24-23(28)30/h4-8,11-13H,9-10,14H2,1-3H3,(H,24,30)(H,25,26,29). The molecule has 0 aliphatic carbocycles. The molecule has 2 heterocycles. The summed E-state index contributed by atoms with van der Waals surface area (Å²) in [6, 6.07) is 13.5. The van der Waals surface area contributed by atoms with E-state index in [-0.39, 0.29) is 11.9 Å². The molecule has 7 heteroatoms. The maximum Gasteiger partial charge on any atom is 0.317 e. The van der Waals surface area contributed by atoms with Crippen molar-refractivity contribution in [2.45, 2.75) is 20.4 Å². The van der Waals surface area contributed by atoms with Gasteiger partial charge in [-0.15, -0.1) is 0 Å². The van der Waals surface area contributed by atoms with E-state index in [2.05, 4.69) is 47.7 Å². The van der Waals surface area contributed by atoms with Crippen LogP contribution in [0.3, 0.4) is 0 Å². The van der Waals surface area contributed by atoms with Crippen LogP contribution in [0.1, 0.15) is 27.0 Å². The highest BCUT2D eigenvalue weighted by Crippen LogP contribution is 2.24. The number of aryl methyl sites for hydroxylation is 2. The number of rotatable bonds is 5. The number of hydrogen-bond acceptors (Lipinski definition) is 3. The highest BCUT2D eigenvalue weighted by Gasteiger charge is 2.20. The number of nitrogens with zero attached hydrogens (tertiary/aromatic N) is 3. The third kappa shape index (κ3) is 3.91. The molecule has 154 valence electrons. The Bertz CT molecular complexity index is 1120. The number of carbonyl (C=O) groups is 2. The summed E-state index contributed by atoms with van der Waals surface area (Å²) < 4.78 is 1.88. The maximum absolute atomic E-state index is 12.8. The minimum Gasteiger partial charge on any atom is -0.336 e. The molecule has 0 spiro atoms. The zero-order chi connectivity index (χ0) is 21.3. The van der Waals surface area contributed by atoms with Crippen LogP contribution >= 0.6 is 0 Å². The first-order valence-electron chi connectivity index (χ1n) is 9.95. The Balaban J connectivity index is 1.50. The summed E-state index contributed by atoms with van der Waals surface area (Å²) in [5.41, 5.74) is 5.88. The van der Waals surface area contributed by atoms with Crippen LogP contribution in [0.5, 0.6) is 0 Å². The summed E-state index contributed by atoms with van der Waals surface area (Å²) in [6.07, 6.45) is 1.77. The predicted octanol–water partition coefficient (Wildman–Crippen LogP) is 3.48. The quantitative estimate of drug-likeness (QED) is 0.685. The molecule has 7 nitrogen and oxygen atoms in total. The van der Waals surface area contributed by atoms with Gasteiger partial charge in [-0.2, -0.15) is 0 Å². The van der Waals surface area contributed by atoms with Gasteiger partial charge in [0.05, 0.1) is 11.9 Å². The van der Waals surface area contributed by atoms with Crippen LogP contribution in [0.15, 0.2) is 48.7 Å². The van der Waals surface area contributed by atoms with E-state index in [4.69, 9.17) is 0 Å². The van der Waals surface area contributed by atoms with E-state index in [0.29, 0.717) is 31.1 Å². The lowest BCUT2D eigenvalue weighted by Gasteiger charge is -2.14. The molecule has 0 saturated carbocycles. The number of benzene rings is 2. The monoisotopic (exact) mass is 403 g/mol. The van der Waals surface area contributed by atoms with Crippen molar-refractivity contribution in [2.24, 2.45) is 7.05 Å². The van der Waals surface area contributed by atoms with Crippen LogP contribution in [0, 0.1) is 13.8 Å². The molecule has 1 aliphatic heterocycles. The summed E-state index contributed by atoms with van der Waals surface area (Å²) in [5.74, 6) is 0.251.